The molecule has 22 nitrogen and oxygen atoms in total. The topological polar surface area (TPSA) is 304 Å². The molecule has 0 bridgehead atoms. The van der Waals surface area contributed by atoms with Gasteiger partial charge in [-0.2, -0.15) is 33.7 Å². The van der Waals surface area contributed by atoms with Gasteiger partial charge in [0.15, 0.2) is 12.5 Å². The number of ether oxygens (including phenoxy) is 1. The van der Waals surface area contributed by atoms with Gasteiger partial charge in [0, 0.05) is 21.7 Å². The highest BCUT2D eigenvalue weighted by molar-refractivity contribution is 7.95. The van der Waals surface area contributed by atoms with Crippen LogP contribution in [0, 0.1) is 20.8 Å². The maximum Gasteiger partial charge on any atom is 0.296 e. The zero-order valence-corrected chi connectivity index (χ0v) is 38.6. The van der Waals surface area contributed by atoms with Crippen LogP contribution in [0.5, 0.6) is 11.5 Å². The minimum atomic E-state index is -4.76. The zero-order chi connectivity index (χ0) is 48.7. The van der Waals surface area contributed by atoms with E-state index < -0.39 is 15.0 Å². The number of aromatic nitrogens is 3. The standard InChI is InChI=1S/C44H37N11O11S3/c1-24-15-30(10-14-35(24)48-51-40-21-38-39(22-42(40)69(59,60)61)54-55(53-38)31-5-4-6-33(20-31)67-65-63-57)47-49-36-16-26(3)37(17-25(36)2)50-52-43-41(68-66-64-58)19-27-18-29(9-13-34(27)44(43)56)46-23-62-32-11-7-28(45)8-12-32/h4-22,46,56-58H,23,45H2,1-3H3,(H,59,60,61). The van der Waals surface area contributed by atoms with Crippen molar-refractivity contribution in [3.63, 3.8) is 0 Å². The Morgan fingerprint density at radius 3 is 2.07 bits per heavy atom. The van der Waals surface area contributed by atoms with E-state index in [9.17, 15) is 18.1 Å². The number of phenols is 1. The van der Waals surface area contributed by atoms with E-state index in [1.54, 1.807) is 110 Å². The van der Waals surface area contributed by atoms with Crippen molar-refractivity contribution < 1.29 is 52.1 Å². The monoisotopic (exact) mass is 991 g/mol. The number of nitrogens with zero attached hydrogens (tertiary/aromatic N) is 9. The van der Waals surface area contributed by atoms with Gasteiger partial charge in [-0.25, -0.2) is 10.5 Å². The summed E-state index contributed by atoms with van der Waals surface area (Å²) < 4.78 is 49.9. The minimum absolute atomic E-state index is 0.0711. The van der Waals surface area contributed by atoms with Crippen LogP contribution in [0.1, 0.15) is 16.7 Å². The number of azo groups is 3. The van der Waals surface area contributed by atoms with Gasteiger partial charge in [0.25, 0.3) is 10.1 Å². The van der Waals surface area contributed by atoms with Crippen LogP contribution >= 0.6 is 24.1 Å². The van der Waals surface area contributed by atoms with Crippen LogP contribution in [0.3, 0.4) is 0 Å². The highest BCUT2D eigenvalue weighted by Gasteiger charge is 2.21. The quantitative estimate of drug-likeness (QED) is 0.00885. The number of anilines is 2. The van der Waals surface area contributed by atoms with Crippen molar-refractivity contribution in [1.29, 1.82) is 0 Å². The Bertz CT molecular complexity index is 3410. The molecule has 0 atom stereocenters. The summed E-state index contributed by atoms with van der Waals surface area (Å²) in [6, 6.07) is 31.7. The second-order valence-corrected chi connectivity index (χ2v) is 17.7. The number of fused-ring (bicyclic) bond motifs is 2. The Morgan fingerprint density at radius 1 is 0.696 bits per heavy atom. The van der Waals surface area contributed by atoms with Crippen LogP contribution in [0.4, 0.5) is 45.5 Å². The molecule has 0 aliphatic rings. The molecule has 0 aliphatic heterocycles. The van der Waals surface area contributed by atoms with E-state index in [0.717, 1.165) is 23.7 Å². The summed E-state index contributed by atoms with van der Waals surface area (Å²) in [6.45, 7) is 5.58. The zero-order valence-electron chi connectivity index (χ0n) is 36.2. The van der Waals surface area contributed by atoms with E-state index in [0.29, 0.717) is 89.3 Å². The summed E-state index contributed by atoms with van der Waals surface area (Å²) in [6.07, 6.45) is 0. The maximum absolute atomic E-state index is 12.4. The molecule has 0 saturated heterocycles. The van der Waals surface area contributed by atoms with Crippen LogP contribution in [-0.2, 0) is 28.9 Å². The van der Waals surface area contributed by atoms with Crippen molar-refractivity contribution in [3.05, 3.63) is 132 Å². The second kappa shape index (κ2) is 21.3. The predicted octanol–water partition coefficient (Wildman–Crippen LogP) is 12.6. The van der Waals surface area contributed by atoms with Crippen LogP contribution < -0.4 is 15.8 Å². The lowest BCUT2D eigenvalue weighted by Crippen LogP contribution is -2.08. The first-order valence-electron chi connectivity index (χ1n) is 20.0. The van der Waals surface area contributed by atoms with Gasteiger partial charge in [-0.3, -0.25) is 4.55 Å². The maximum atomic E-state index is 12.4. The van der Waals surface area contributed by atoms with Crippen molar-refractivity contribution in [2.45, 2.75) is 35.5 Å². The number of phenolic OH excluding ortho intramolecular Hbond substituents is 1. The second-order valence-electron chi connectivity index (χ2n) is 14.8. The fourth-order valence-corrected chi connectivity index (χ4v) is 8.16. The van der Waals surface area contributed by atoms with Crippen molar-refractivity contribution in [2.24, 2.45) is 30.7 Å². The number of nitrogen functional groups attached to an aromatic ring is 1. The number of aromatic hydroxyl groups is 1. The number of benzene rings is 7. The molecule has 0 saturated carbocycles. The molecule has 0 spiro atoms. The average Bonchev–Trinajstić information content (AvgIpc) is 3.76. The summed E-state index contributed by atoms with van der Waals surface area (Å²) in [5, 5.41) is 75.4. The highest BCUT2D eigenvalue weighted by atomic mass is 32.2. The van der Waals surface area contributed by atoms with Gasteiger partial charge in [-0.1, -0.05) is 16.1 Å². The summed E-state index contributed by atoms with van der Waals surface area (Å²) in [4.78, 5) is 1.57. The number of rotatable bonds is 18. The fraction of sp³-hybridized carbons (Fsp3) is 0.0909. The number of hydrogen-bond donors (Lipinski definition) is 6. The lowest BCUT2D eigenvalue weighted by molar-refractivity contribution is -0.432. The molecule has 1 aromatic heterocycles. The molecule has 8 rings (SSSR count). The van der Waals surface area contributed by atoms with E-state index >= 15 is 0 Å². The van der Waals surface area contributed by atoms with Crippen molar-refractivity contribution in [2.75, 3.05) is 17.8 Å². The van der Waals surface area contributed by atoms with Crippen molar-refractivity contribution in [1.82, 2.24) is 15.0 Å². The lowest BCUT2D eigenvalue weighted by Gasteiger charge is -2.12. The summed E-state index contributed by atoms with van der Waals surface area (Å²) in [5.41, 5.74) is 11.8. The Labute approximate surface area is 400 Å². The third-order valence-electron chi connectivity index (χ3n) is 10.0. The Hall–Kier alpha value is -7.43. The largest absolute Gasteiger partial charge is 0.505 e. The van der Waals surface area contributed by atoms with Crippen LogP contribution in [0.25, 0.3) is 27.5 Å². The molecule has 0 unspecified atom stereocenters. The van der Waals surface area contributed by atoms with Crippen LogP contribution in [0.15, 0.2) is 161 Å². The molecule has 8 aromatic rings. The molecule has 0 aliphatic carbocycles. The van der Waals surface area contributed by atoms with Gasteiger partial charge in [0.1, 0.15) is 33.1 Å². The van der Waals surface area contributed by atoms with Gasteiger partial charge in [-0.05, 0) is 152 Å². The molecule has 7 N–H and O–H groups in total. The first-order chi connectivity index (χ1) is 33.3. The van der Waals surface area contributed by atoms with Gasteiger partial charge in [-0.15, -0.1) is 29.1 Å². The molecule has 69 heavy (non-hydrogen) atoms. The molecule has 25 heteroatoms. The third-order valence-corrected chi connectivity index (χ3v) is 12.1. The number of nitrogens with one attached hydrogen (secondary N) is 1. The number of nitrogens with two attached hydrogens (primary N) is 1. The molecule has 7 aromatic carbocycles. The highest BCUT2D eigenvalue weighted by Crippen LogP contribution is 2.45. The Balaban J connectivity index is 0.973. The fourth-order valence-electron chi connectivity index (χ4n) is 6.63. The minimum Gasteiger partial charge on any atom is -0.505 e. The smallest absolute Gasteiger partial charge is 0.296 e. The lowest BCUT2D eigenvalue weighted by atomic mass is 10.1. The summed E-state index contributed by atoms with van der Waals surface area (Å²) in [7, 11) is -4.76. The molecular formula is C44H37N11O11S3. The molecule has 1 heterocycles. The van der Waals surface area contributed by atoms with E-state index in [-0.39, 0.29) is 34.9 Å². The van der Waals surface area contributed by atoms with Crippen molar-refractivity contribution >= 4 is 102 Å². The molecule has 352 valence electrons. The predicted molar refractivity (Wildman–Crippen MR) is 255 cm³/mol. The van der Waals surface area contributed by atoms with E-state index in [1.165, 1.54) is 10.9 Å². The molecule has 0 fully saturated rings. The molecule has 0 amide bonds. The van der Waals surface area contributed by atoms with E-state index in [2.05, 4.69) is 60.6 Å². The first kappa shape index (κ1) is 48.0. The first-order valence-corrected chi connectivity index (χ1v) is 23.0. The van der Waals surface area contributed by atoms with Crippen LogP contribution in [0.2, 0.25) is 0 Å². The number of hydrogen-bond acceptors (Lipinski definition) is 22. The van der Waals surface area contributed by atoms with E-state index in [1.807, 2.05) is 13.8 Å². The summed E-state index contributed by atoms with van der Waals surface area (Å²) in [5.74, 6) is 0.458. The molecular weight excluding hydrogens is 955 g/mol. The normalized spacial score (nSPS) is 12.1. The van der Waals surface area contributed by atoms with Crippen molar-refractivity contribution in [3.8, 4) is 17.2 Å². The van der Waals surface area contributed by atoms with Gasteiger partial charge >= 0.3 is 0 Å². The van der Waals surface area contributed by atoms with Gasteiger partial charge in [0.2, 0.25) is 0 Å². The summed E-state index contributed by atoms with van der Waals surface area (Å²) >= 11 is 1.37. The SMILES string of the molecule is Cc1cc(N=Nc2c(SOOO)cc3cc(NCOc4ccc(N)cc4)ccc3c2O)c(C)cc1N=Nc1ccc(N=Nc2cc3nn(-c4cccc(SOOO)c4)nc3cc2S(=O)(=O)O)c(C)c1. The molecule has 0 radical (unpaired) electrons. The van der Waals surface area contributed by atoms with Gasteiger partial charge < -0.3 is 20.9 Å². The number of aryl methyl sites for hydroxylation is 3. The Kier molecular flexibility index (Phi) is 14.8. The van der Waals surface area contributed by atoms with Gasteiger partial charge in [0.05, 0.1) is 57.4 Å². The van der Waals surface area contributed by atoms with Crippen LogP contribution in [-0.4, -0.2) is 50.3 Å². The third kappa shape index (κ3) is 11.6. The Morgan fingerprint density at radius 2 is 1.36 bits per heavy atom. The van der Waals surface area contributed by atoms with E-state index in [4.69, 9.17) is 25.3 Å². The average molecular weight is 992 g/mol.